The van der Waals surface area contributed by atoms with Crippen LogP contribution in [0, 0.1) is 16.7 Å². The molecule has 0 heterocycles. The van der Waals surface area contributed by atoms with Crippen LogP contribution in [0.4, 0.5) is 0 Å². The first-order chi connectivity index (χ1) is 6.88. The first-order valence-corrected chi connectivity index (χ1v) is 6.24. The molecule has 0 aromatic rings. The van der Waals surface area contributed by atoms with Gasteiger partial charge in [0.05, 0.1) is 0 Å². The Kier molecular flexibility index (Phi) is 2.37. The summed E-state index contributed by atoms with van der Waals surface area (Å²) < 4.78 is 0. The summed E-state index contributed by atoms with van der Waals surface area (Å²) in [5.74, 6) is 0.801. The van der Waals surface area contributed by atoms with Crippen LogP contribution in [0.3, 0.4) is 0 Å². The van der Waals surface area contributed by atoms with Gasteiger partial charge < -0.3 is 0 Å². The summed E-state index contributed by atoms with van der Waals surface area (Å²) in [5.41, 5.74) is 3.71. The lowest BCUT2D eigenvalue weighted by Crippen LogP contribution is -2.44. The van der Waals surface area contributed by atoms with Crippen LogP contribution in [-0.4, -0.2) is 0 Å². The topological polar surface area (TPSA) is 0 Å². The van der Waals surface area contributed by atoms with Crippen molar-refractivity contribution < 1.29 is 0 Å². The maximum absolute atomic E-state index is 4.35. The molecule has 0 aromatic carbocycles. The molecule has 0 saturated heterocycles. The summed E-state index contributed by atoms with van der Waals surface area (Å²) in [5, 5.41) is 0. The van der Waals surface area contributed by atoms with Gasteiger partial charge in [-0.25, -0.2) is 0 Å². The van der Waals surface area contributed by atoms with Crippen molar-refractivity contribution in [3.8, 4) is 0 Å². The van der Waals surface area contributed by atoms with Crippen molar-refractivity contribution in [1.29, 1.82) is 0 Å². The highest BCUT2D eigenvalue weighted by Gasteiger charge is 2.48. The van der Waals surface area contributed by atoms with Crippen molar-refractivity contribution in [2.24, 2.45) is 16.7 Å². The summed E-state index contributed by atoms with van der Waals surface area (Å²) in [6.45, 7) is 13.9. The van der Waals surface area contributed by atoms with E-state index < -0.39 is 0 Å². The van der Waals surface area contributed by atoms with Gasteiger partial charge >= 0.3 is 0 Å². The lowest BCUT2D eigenvalue weighted by molar-refractivity contribution is 0.0265. The minimum absolute atomic E-state index is 0.376. The van der Waals surface area contributed by atoms with E-state index in [1.54, 1.807) is 0 Å². The molecule has 0 spiro atoms. The van der Waals surface area contributed by atoms with E-state index in [1.165, 1.54) is 36.8 Å². The van der Waals surface area contributed by atoms with E-state index in [4.69, 9.17) is 0 Å². The Morgan fingerprint density at radius 2 is 1.93 bits per heavy atom. The van der Waals surface area contributed by atoms with Gasteiger partial charge in [-0.05, 0) is 48.5 Å². The molecule has 2 aliphatic rings. The summed E-state index contributed by atoms with van der Waals surface area (Å²) >= 11 is 0. The molecule has 2 atom stereocenters. The normalized spacial score (nSPS) is 39.6. The maximum Gasteiger partial charge on any atom is -0.00423 e. The third kappa shape index (κ3) is 1.49. The predicted molar refractivity (Wildman–Crippen MR) is 66.7 cm³/mol. The second kappa shape index (κ2) is 3.23. The molecule has 0 radical (unpaired) electrons. The van der Waals surface area contributed by atoms with E-state index >= 15 is 0 Å². The Labute approximate surface area is 94.5 Å². The molecule has 1 fully saturated rings. The van der Waals surface area contributed by atoms with E-state index in [0.29, 0.717) is 10.8 Å². The van der Waals surface area contributed by atoms with Gasteiger partial charge in [-0.3, -0.25) is 0 Å². The molecule has 0 bridgehead atoms. The van der Waals surface area contributed by atoms with Crippen molar-refractivity contribution >= 4 is 0 Å². The van der Waals surface area contributed by atoms with Gasteiger partial charge in [-0.2, -0.15) is 0 Å². The standard InChI is InChI=1S/C15H24/c1-11-7-8-13-14(3,4)9-6-10-15(13,5)12(11)2/h7,13H,2,6,8-10H2,1,3-5H3/t13?,15-/m1/s1. The van der Waals surface area contributed by atoms with Crippen molar-refractivity contribution in [2.75, 3.05) is 0 Å². The lowest BCUT2D eigenvalue weighted by Gasteiger charge is -2.54. The number of hydrogen-bond donors (Lipinski definition) is 0. The van der Waals surface area contributed by atoms with Gasteiger partial charge in [0.2, 0.25) is 0 Å². The summed E-state index contributed by atoms with van der Waals surface area (Å²) in [6.07, 6.45) is 7.75. The van der Waals surface area contributed by atoms with Crippen molar-refractivity contribution in [3.05, 3.63) is 23.8 Å². The number of fused-ring (bicyclic) bond motifs is 1. The zero-order valence-corrected chi connectivity index (χ0v) is 10.7. The summed E-state index contributed by atoms with van der Waals surface area (Å²) in [6, 6.07) is 0. The van der Waals surface area contributed by atoms with E-state index in [0.717, 1.165) is 5.92 Å². The zero-order chi connectivity index (χ0) is 11.3. The summed E-state index contributed by atoms with van der Waals surface area (Å²) in [4.78, 5) is 0. The minimum Gasteiger partial charge on any atom is -0.0950 e. The molecule has 0 aliphatic heterocycles. The van der Waals surface area contributed by atoms with E-state index in [2.05, 4.69) is 40.3 Å². The SMILES string of the molecule is C=C1C(C)=CCC2C(C)(C)CCC[C@]12C. The van der Waals surface area contributed by atoms with Gasteiger partial charge in [-0.1, -0.05) is 45.4 Å². The number of rotatable bonds is 0. The molecule has 2 rings (SSSR count). The quantitative estimate of drug-likeness (QED) is 0.535. The first kappa shape index (κ1) is 11.0. The van der Waals surface area contributed by atoms with Gasteiger partial charge in [0, 0.05) is 0 Å². The molecule has 1 unspecified atom stereocenters. The molecule has 84 valence electrons. The van der Waals surface area contributed by atoms with Crippen LogP contribution in [0.5, 0.6) is 0 Å². The average molecular weight is 204 g/mol. The van der Waals surface area contributed by atoms with Gasteiger partial charge in [0.1, 0.15) is 0 Å². The molecule has 2 aliphatic carbocycles. The van der Waals surface area contributed by atoms with Gasteiger partial charge in [0.25, 0.3) is 0 Å². The van der Waals surface area contributed by atoms with Crippen LogP contribution in [0.1, 0.15) is 53.4 Å². The van der Waals surface area contributed by atoms with Crippen molar-refractivity contribution in [2.45, 2.75) is 53.4 Å². The predicted octanol–water partition coefficient (Wildman–Crippen LogP) is 4.73. The third-order valence-corrected chi connectivity index (χ3v) is 5.05. The van der Waals surface area contributed by atoms with Gasteiger partial charge in [0.15, 0.2) is 0 Å². The minimum atomic E-state index is 0.376. The molecular formula is C15H24. The van der Waals surface area contributed by atoms with Crippen molar-refractivity contribution in [1.82, 2.24) is 0 Å². The molecule has 1 saturated carbocycles. The van der Waals surface area contributed by atoms with Crippen LogP contribution in [0.15, 0.2) is 23.8 Å². The molecule has 0 heteroatoms. The monoisotopic (exact) mass is 204 g/mol. The number of hydrogen-bond acceptors (Lipinski definition) is 0. The summed E-state index contributed by atoms with van der Waals surface area (Å²) in [7, 11) is 0. The van der Waals surface area contributed by atoms with E-state index in [9.17, 15) is 0 Å². The second-order valence-corrected chi connectivity index (χ2v) is 6.41. The fourth-order valence-electron chi connectivity index (χ4n) is 3.93. The average Bonchev–Trinajstić information content (AvgIpc) is 2.12. The molecule has 15 heavy (non-hydrogen) atoms. The Bertz CT molecular complexity index is 319. The Balaban J connectivity index is 2.42. The Morgan fingerprint density at radius 1 is 1.27 bits per heavy atom. The molecule has 0 amide bonds. The third-order valence-electron chi connectivity index (χ3n) is 5.05. The van der Waals surface area contributed by atoms with Crippen LogP contribution < -0.4 is 0 Å². The second-order valence-electron chi connectivity index (χ2n) is 6.41. The molecule has 0 N–H and O–H groups in total. The Morgan fingerprint density at radius 3 is 2.60 bits per heavy atom. The zero-order valence-electron chi connectivity index (χ0n) is 10.7. The van der Waals surface area contributed by atoms with Crippen LogP contribution in [0.2, 0.25) is 0 Å². The largest absolute Gasteiger partial charge is 0.0950 e. The molecular weight excluding hydrogens is 180 g/mol. The van der Waals surface area contributed by atoms with Crippen molar-refractivity contribution in [3.63, 3.8) is 0 Å². The molecule has 0 aromatic heterocycles. The Hall–Kier alpha value is -0.520. The first-order valence-electron chi connectivity index (χ1n) is 6.24. The van der Waals surface area contributed by atoms with E-state index in [-0.39, 0.29) is 0 Å². The fourth-order valence-corrected chi connectivity index (χ4v) is 3.93. The van der Waals surface area contributed by atoms with Crippen LogP contribution >= 0.6 is 0 Å². The number of allylic oxidation sites excluding steroid dienone is 3. The highest BCUT2D eigenvalue weighted by Crippen LogP contribution is 2.58. The molecule has 0 nitrogen and oxygen atoms in total. The van der Waals surface area contributed by atoms with Crippen LogP contribution in [-0.2, 0) is 0 Å². The smallest absolute Gasteiger partial charge is 0.00423 e. The van der Waals surface area contributed by atoms with Gasteiger partial charge in [-0.15, -0.1) is 0 Å². The van der Waals surface area contributed by atoms with Crippen LogP contribution in [0.25, 0.3) is 0 Å². The van der Waals surface area contributed by atoms with E-state index in [1.807, 2.05) is 0 Å². The highest BCUT2D eigenvalue weighted by atomic mass is 14.5. The lowest BCUT2D eigenvalue weighted by atomic mass is 9.51. The highest BCUT2D eigenvalue weighted by molar-refractivity contribution is 5.37. The fraction of sp³-hybridized carbons (Fsp3) is 0.733. The maximum atomic E-state index is 4.35.